The lowest BCUT2D eigenvalue weighted by Gasteiger charge is -2.31. The van der Waals surface area contributed by atoms with Gasteiger partial charge in [-0.05, 0) is 38.3 Å². The molecule has 0 saturated carbocycles. The van der Waals surface area contributed by atoms with Crippen molar-refractivity contribution in [2.45, 2.75) is 57.5 Å². The zero-order chi connectivity index (χ0) is 22.3. The van der Waals surface area contributed by atoms with E-state index >= 15 is 0 Å². The topological polar surface area (TPSA) is 108 Å². The highest BCUT2D eigenvalue weighted by molar-refractivity contribution is 7.88. The predicted octanol–water partition coefficient (Wildman–Crippen LogP) is 0.846. The van der Waals surface area contributed by atoms with E-state index in [-0.39, 0.29) is 36.1 Å². The summed E-state index contributed by atoms with van der Waals surface area (Å²) in [4.78, 5) is 27.2. The Balaban J connectivity index is 2.00. The third kappa shape index (κ3) is 6.78. The molecule has 8 nitrogen and oxygen atoms in total. The molecule has 168 valence electrons. The molecule has 1 unspecified atom stereocenters. The minimum absolute atomic E-state index is 0.0819. The van der Waals surface area contributed by atoms with Gasteiger partial charge in [-0.15, -0.1) is 0 Å². The van der Waals surface area contributed by atoms with Crippen LogP contribution in [0.15, 0.2) is 30.3 Å². The number of benzene rings is 1. The van der Waals surface area contributed by atoms with Gasteiger partial charge in [0, 0.05) is 19.1 Å². The van der Waals surface area contributed by atoms with Crippen LogP contribution in [0.5, 0.6) is 0 Å². The van der Waals surface area contributed by atoms with Crippen molar-refractivity contribution in [3.8, 4) is 0 Å². The third-order valence-electron chi connectivity index (χ3n) is 5.46. The lowest BCUT2D eigenvalue weighted by molar-refractivity contribution is -0.138. The molecule has 2 rings (SSSR count). The van der Waals surface area contributed by atoms with Gasteiger partial charge >= 0.3 is 0 Å². The second-order valence-electron chi connectivity index (χ2n) is 8.16. The smallest absolute Gasteiger partial charge is 0.245 e. The molecule has 1 aliphatic rings. The number of hydrogen-bond acceptors (Lipinski definition) is 5. The number of sulfonamides is 1. The number of likely N-dealkylation sites (tertiary alicyclic amines) is 1. The maximum Gasteiger partial charge on any atom is 0.245 e. The molecular weight excluding hydrogens is 404 g/mol. The summed E-state index contributed by atoms with van der Waals surface area (Å²) in [6.45, 7) is 6.25. The second kappa shape index (κ2) is 10.9. The van der Waals surface area contributed by atoms with E-state index < -0.39 is 22.1 Å². The van der Waals surface area contributed by atoms with Gasteiger partial charge in [0.05, 0.1) is 11.8 Å². The van der Waals surface area contributed by atoms with Crippen molar-refractivity contribution in [1.82, 2.24) is 20.3 Å². The Labute approximate surface area is 179 Å². The molecule has 3 N–H and O–H groups in total. The number of carbonyl (C=O) groups is 2. The van der Waals surface area contributed by atoms with Gasteiger partial charge in [0.15, 0.2) is 0 Å². The lowest BCUT2D eigenvalue weighted by atomic mass is 10.0. The molecule has 1 aromatic carbocycles. The summed E-state index contributed by atoms with van der Waals surface area (Å²) in [5.74, 6) is -0.571. The van der Waals surface area contributed by atoms with Crippen LogP contribution in [0.4, 0.5) is 0 Å². The van der Waals surface area contributed by atoms with Crippen LogP contribution in [0.2, 0.25) is 0 Å². The first-order valence-electron chi connectivity index (χ1n) is 10.4. The maximum atomic E-state index is 13.2. The van der Waals surface area contributed by atoms with E-state index in [2.05, 4.69) is 15.4 Å². The van der Waals surface area contributed by atoms with Crippen LogP contribution in [-0.2, 0) is 25.4 Å². The first kappa shape index (κ1) is 24.3. The van der Waals surface area contributed by atoms with Crippen molar-refractivity contribution in [3.05, 3.63) is 35.9 Å². The first-order chi connectivity index (χ1) is 14.1. The summed E-state index contributed by atoms with van der Waals surface area (Å²) >= 11 is 0. The van der Waals surface area contributed by atoms with E-state index in [0.29, 0.717) is 12.1 Å². The zero-order valence-electron chi connectivity index (χ0n) is 18.2. The number of carbonyl (C=O) groups excluding carboxylic acids is 2. The van der Waals surface area contributed by atoms with Gasteiger partial charge < -0.3 is 15.5 Å². The molecule has 30 heavy (non-hydrogen) atoms. The molecule has 1 fully saturated rings. The molecule has 1 aliphatic heterocycles. The lowest BCUT2D eigenvalue weighted by Crippen LogP contribution is -2.56. The number of amides is 2. The summed E-state index contributed by atoms with van der Waals surface area (Å²) < 4.78 is 27.6. The average Bonchev–Trinajstić information content (AvgIpc) is 3.18. The fourth-order valence-electron chi connectivity index (χ4n) is 3.51. The Morgan fingerprint density at radius 3 is 2.43 bits per heavy atom. The van der Waals surface area contributed by atoms with Crippen LogP contribution in [0.1, 0.15) is 39.2 Å². The summed E-state index contributed by atoms with van der Waals surface area (Å²) in [5, 5.41) is 5.71. The zero-order valence-corrected chi connectivity index (χ0v) is 19.0. The van der Waals surface area contributed by atoms with Crippen LogP contribution < -0.4 is 15.4 Å². The normalized spacial score (nSPS) is 19.0. The minimum atomic E-state index is -3.51. The van der Waals surface area contributed by atoms with E-state index in [0.717, 1.165) is 12.8 Å². The number of rotatable bonds is 10. The van der Waals surface area contributed by atoms with E-state index in [4.69, 9.17) is 0 Å². The molecule has 0 aromatic heterocycles. The van der Waals surface area contributed by atoms with Crippen LogP contribution in [0.3, 0.4) is 0 Å². The van der Waals surface area contributed by atoms with E-state index in [1.54, 1.807) is 43.1 Å². The van der Waals surface area contributed by atoms with Crippen LogP contribution in [0, 0.1) is 5.92 Å². The van der Waals surface area contributed by atoms with Crippen molar-refractivity contribution < 1.29 is 18.0 Å². The molecule has 1 aromatic rings. The Hall–Kier alpha value is -1.97. The molecular formula is C21H34N4O4S. The number of hydrogen-bond donors (Lipinski definition) is 3. The standard InChI is InChI=1S/C21H34N4O4S/c1-15(2)19(24-20(26)16(3)22-4)21(27)25-12-8-11-18(25)13-23-30(28,29)14-17-9-6-5-7-10-17/h5-7,9-10,15-16,18-19,22-23H,8,11-14H2,1-4H3,(H,24,26)/t16-,18?,19-/m0/s1. The van der Waals surface area contributed by atoms with Gasteiger partial charge in [-0.25, -0.2) is 13.1 Å². The highest BCUT2D eigenvalue weighted by Crippen LogP contribution is 2.20. The van der Waals surface area contributed by atoms with Gasteiger partial charge in [-0.1, -0.05) is 44.2 Å². The fraction of sp³-hybridized carbons (Fsp3) is 0.619. The summed E-state index contributed by atoms with van der Waals surface area (Å²) in [6, 6.07) is 7.72. The molecule has 9 heteroatoms. The van der Waals surface area contributed by atoms with Gasteiger partial charge in [0.25, 0.3) is 0 Å². The third-order valence-corrected chi connectivity index (χ3v) is 6.78. The highest BCUT2D eigenvalue weighted by atomic mass is 32.2. The maximum absolute atomic E-state index is 13.2. The SMILES string of the molecule is CN[C@@H](C)C(=O)N[C@H](C(=O)N1CCCC1CNS(=O)(=O)Cc1ccccc1)C(C)C. The molecule has 0 bridgehead atoms. The van der Waals surface area contributed by atoms with Crippen molar-refractivity contribution >= 4 is 21.8 Å². The van der Waals surface area contributed by atoms with Crippen molar-refractivity contribution in [2.75, 3.05) is 20.1 Å². The summed E-state index contributed by atoms with van der Waals surface area (Å²) in [7, 11) is -1.82. The molecule has 2 amide bonds. The Morgan fingerprint density at radius 1 is 1.17 bits per heavy atom. The van der Waals surface area contributed by atoms with Crippen LogP contribution in [0.25, 0.3) is 0 Å². The van der Waals surface area contributed by atoms with Gasteiger partial charge in [-0.2, -0.15) is 0 Å². The highest BCUT2D eigenvalue weighted by Gasteiger charge is 2.36. The number of nitrogens with zero attached hydrogens (tertiary/aromatic N) is 1. The summed E-state index contributed by atoms with van der Waals surface area (Å²) in [6.07, 6.45) is 1.54. The van der Waals surface area contributed by atoms with E-state index in [1.807, 2.05) is 19.9 Å². The van der Waals surface area contributed by atoms with Crippen LogP contribution in [-0.4, -0.2) is 63.4 Å². The largest absolute Gasteiger partial charge is 0.343 e. The molecule has 3 atom stereocenters. The molecule has 0 spiro atoms. The van der Waals surface area contributed by atoms with Gasteiger partial charge in [-0.3, -0.25) is 9.59 Å². The van der Waals surface area contributed by atoms with Crippen molar-refractivity contribution in [2.24, 2.45) is 5.92 Å². The fourth-order valence-corrected chi connectivity index (χ4v) is 4.69. The molecule has 1 saturated heterocycles. The van der Waals surface area contributed by atoms with Crippen molar-refractivity contribution in [1.29, 1.82) is 0 Å². The van der Waals surface area contributed by atoms with E-state index in [9.17, 15) is 18.0 Å². The van der Waals surface area contributed by atoms with E-state index in [1.165, 1.54) is 0 Å². The Bertz CT molecular complexity index is 814. The van der Waals surface area contributed by atoms with Crippen molar-refractivity contribution in [3.63, 3.8) is 0 Å². The first-order valence-corrected chi connectivity index (χ1v) is 12.1. The minimum Gasteiger partial charge on any atom is -0.343 e. The molecule has 0 aliphatic carbocycles. The van der Waals surface area contributed by atoms with Gasteiger partial charge in [0.2, 0.25) is 21.8 Å². The Morgan fingerprint density at radius 2 is 1.83 bits per heavy atom. The average molecular weight is 439 g/mol. The van der Waals surface area contributed by atoms with Crippen LogP contribution >= 0.6 is 0 Å². The predicted molar refractivity (Wildman–Crippen MR) is 117 cm³/mol. The van der Waals surface area contributed by atoms with Gasteiger partial charge in [0.1, 0.15) is 6.04 Å². The monoisotopic (exact) mass is 438 g/mol. The second-order valence-corrected chi connectivity index (χ2v) is 9.97. The quantitative estimate of drug-likeness (QED) is 0.502. The molecule has 0 radical (unpaired) electrons. The number of nitrogens with one attached hydrogen (secondary N) is 3. The number of likely N-dealkylation sites (N-methyl/N-ethyl adjacent to an activating group) is 1. The Kier molecular flexibility index (Phi) is 8.81. The molecule has 1 heterocycles. The summed E-state index contributed by atoms with van der Waals surface area (Å²) in [5.41, 5.74) is 0.714.